The predicted molar refractivity (Wildman–Crippen MR) is 70.2 cm³/mol. The molecule has 6 nitrogen and oxygen atoms in total. The van der Waals surface area contributed by atoms with Gasteiger partial charge in [-0.3, -0.25) is 9.59 Å². The van der Waals surface area contributed by atoms with Crippen LogP contribution in [-0.2, 0) is 9.53 Å². The molecule has 0 radical (unpaired) electrons. The highest BCUT2D eigenvalue weighted by Gasteiger charge is 2.29. The molecule has 0 spiro atoms. The summed E-state index contributed by atoms with van der Waals surface area (Å²) in [6, 6.07) is 1.30. The number of nitrogens with one attached hydrogen (secondary N) is 1. The van der Waals surface area contributed by atoms with E-state index in [1.54, 1.807) is 13.8 Å². The van der Waals surface area contributed by atoms with Gasteiger partial charge in [0.15, 0.2) is 10.3 Å². The Morgan fingerprint density at radius 3 is 2.58 bits per heavy atom. The van der Waals surface area contributed by atoms with Gasteiger partial charge in [0.05, 0.1) is 18.1 Å². The van der Waals surface area contributed by atoms with Crippen LogP contribution in [0.4, 0.5) is 0 Å². The van der Waals surface area contributed by atoms with Gasteiger partial charge in [-0.1, -0.05) is 23.2 Å². The molecular weight excluding hydrogens is 293 g/mol. The van der Waals surface area contributed by atoms with Gasteiger partial charge in [-0.15, -0.1) is 10.2 Å². The summed E-state index contributed by atoms with van der Waals surface area (Å²) in [6.45, 7) is 3.39. The number of rotatable bonds is 4. The van der Waals surface area contributed by atoms with E-state index in [0.717, 1.165) is 0 Å². The first-order valence-electron chi connectivity index (χ1n) is 5.33. The highest BCUT2D eigenvalue weighted by atomic mass is 35.5. The zero-order chi connectivity index (χ0) is 14.6. The molecule has 0 saturated carbocycles. The van der Waals surface area contributed by atoms with Crippen LogP contribution in [-0.4, -0.2) is 35.7 Å². The summed E-state index contributed by atoms with van der Waals surface area (Å²) < 4.78 is 4.64. The molecule has 1 heterocycles. The second kappa shape index (κ2) is 6.16. The van der Waals surface area contributed by atoms with E-state index in [1.165, 1.54) is 13.2 Å². The van der Waals surface area contributed by atoms with Gasteiger partial charge in [0, 0.05) is 6.54 Å². The number of hydrogen-bond donors (Lipinski definition) is 1. The molecule has 0 aliphatic rings. The molecule has 0 bridgehead atoms. The summed E-state index contributed by atoms with van der Waals surface area (Å²) in [5, 5.41) is 9.60. The normalized spacial score (nSPS) is 11.0. The molecule has 1 amide bonds. The summed E-state index contributed by atoms with van der Waals surface area (Å²) in [4.78, 5) is 23.4. The Hall–Kier alpha value is -1.40. The van der Waals surface area contributed by atoms with E-state index in [2.05, 4.69) is 20.3 Å². The lowest BCUT2D eigenvalue weighted by Gasteiger charge is -2.21. The van der Waals surface area contributed by atoms with Crippen molar-refractivity contribution >= 4 is 35.1 Å². The van der Waals surface area contributed by atoms with E-state index >= 15 is 0 Å². The van der Waals surface area contributed by atoms with Crippen molar-refractivity contribution in [1.82, 2.24) is 15.5 Å². The molecule has 0 unspecified atom stereocenters. The lowest BCUT2D eigenvalue weighted by Crippen LogP contribution is -2.39. The van der Waals surface area contributed by atoms with Crippen LogP contribution < -0.4 is 5.32 Å². The van der Waals surface area contributed by atoms with Gasteiger partial charge >= 0.3 is 5.97 Å². The third-order valence-corrected chi connectivity index (χ3v) is 2.86. The molecule has 0 fully saturated rings. The Morgan fingerprint density at radius 1 is 1.37 bits per heavy atom. The molecule has 104 valence electrons. The highest BCUT2D eigenvalue weighted by molar-refractivity contribution is 6.34. The predicted octanol–water partition coefficient (Wildman–Crippen LogP) is 1.71. The molecule has 0 aromatic carbocycles. The smallest absolute Gasteiger partial charge is 0.313 e. The minimum atomic E-state index is -0.846. The number of ether oxygens (including phenoxy) is 1. The fraction of sp³-hybridized carbons (Fsp3) is 0.455. The lowest BCUT2D eigenvalue weighted by molar-refractivity contribution is -0.150. The molecule has 8 heteroatoms. The molecule has 1 N–H and O–H groups in total. The zero-order valence-electron chi connectivity index (χ0n) is 10.7. The van der Waals surface area contributed by atoms with E-state index in [-0.39, 0.29) is 22.4 Å². The van der Waals surface area contributed by atoms with Crippen LogP contribution in [0.1, 0.15) is 24.2 Å². The summed E-state index contributed by atoms with van der Waals surface area (Å²) in [7, 11) is 1.29. The van der Waals surface area contributed by atoms with Gasteiger partial charge in [0.25, 0.3) is 5.91 Å². The number of aromatic nitrogens is 2. The van der Waals surface area contributed by atoms with E-state index in [1.807, 2.05) is 0 Å². The SMILES string of the molecule is COC(=O)C(C)(C)CNC(=O)c1cc(Cl)nnc1Cl. The summed E-state index contributed by atoms with van der Waals surface area (Å²) >= 11 is 11.4. The molecule has 1 aromatic heterocycles. The largest absolute Gasteiger partial charge is 0.469 e. The highest BCUT2D eigenvalue weighted by Crippen LogP contribution is 2.18. The number of esters is 1. The molecule has 1 aromatic rings. The number of amides is 1. The van der Waals surface area contributed by atoms with Gasteiger partial charge in [-0.05, 0) is 19.9 Å². The fourth-order valence-electron chi connectivity index (χ4n) is 1.26. The minimum absolute atomic E-state index is 0.0572. The van der Waals surface area contributed by atoms with Gasteiger partial charge < -0.3 is 10.1 Å². The Morgan fingerprint density at radius 2 is 2.00 bits per heavy atom. The maximum absolute atomic E-state index is 11.9. The zero-order valence-corrected chi connectivity index (χ0v) is 12.2. The van der Waals surface area contributed by atoms with Crippen LogP contribution in [0, 0.1) is 5.41 Å². The monoisotopic (exact) mass is 305 g/mol. The molecule has 0 aliphatic heterocycles. The van der Waals surface area contributed by atoms with E-state index in [0.29, 0.717) is 0 Å². The molecule has 19 heavy (non-hydrogen) atoms. The quantitative estimate of drug-likeness (QED) is 0.857. The Kier molecular flexibility index (Phi) is 5.08. The van der Waals surface area contributed by atoms with E-state index in [9.17, 15) is 9.59 Å². The van der Waals surface area contributed by atoms with Gasteiger partial charge in [0.1, 0.15) is 0 Å². The molecule has 0 aliphatic carbocycles. The number of carbonyl (C=O) groups is 2. The first-order chi connectivity index (χ1) is 8.77. The lowest BCUT2D eigenvalue weighted by atomic mass is 9.93. The van der Waals surface area contributed by atoms with Crippen molar-refractivity contribution in [2.75, 3.05) is 13.7 Å². The van der Waals surface area contributed by atoms with E-state index in [4.69, 9.17) is 23.2 Å². The third-order valence-electron chi connectivity index (χ3n) is 2.39. The molecular formula is C11H13Cl2N3O3. The van der Waals surface area contributed by atoms with Crippen molar-refractivity contribution in [2.24, 2.45) is 5.41 Å². The molecule has 0 atom stereocenters. The van der Waals surface area contributed by atoms with Crippen molar-refractivity contribution in [1.29, 1.82) is 0 Å². The van der Waals surface area contributed by atoms with Crippen molar-refractivity contribution < 1.29 is 14.3 Å². The fourth-order valence-corrected chi connectivity index (χ4v) is 1.58. The topological polar surface area (TPSA) is 81.2 Å². The van der Waals surface area contributed by atoms with Crippen molar-refractivity contribution in [2.45, 2.75) is 13.8 Å². The first kappa shape index (κ1) is 15.7. The number of methoxy groups -OCH3 is 1. The van der Waals surface area contributed by atoms with Crippen LogP contribution >= 0.6 is 23.2 Å². The maximum atomic E-state index is 11.9. The summed E-state index contributed by atoms with van der Waals surface area (Å²) in [6.07, 6.45) is 0. The van der Waals surface area contributed by atoms with Crippen LogP contribution in [0.2, 0.25) is 10.3 Å². The number of carbonyl (C=O) groups excluding carboxylic acids is 2. The van der Waals surface area contributed by atoms with Gasteiger partial charge in [-0.25, -0.2) is 0 Å². The van der Waals surface area contributed by atoms with Crippen LogP contribution in [0.3, 0.4) is 0 Å². The molecule has 1 rings (SSSR count). The Bertz CT molecular complexity index is 506. The van der Waals surface area contributed by atoms with Crippen molar-refractivity contribution in [3.8, 4) is 0 Å². The Balaban J connectivity index is 2.76. The average molecular weight is 306 g/mol. The van der Waals surface area contributed by atoms with Crippen molar-refractivity contribution in [3.05, 3.63) is 21.9 Å². The van der Waals surface area contributed by atoms with Crippen LogP contribution in [0.25, 0.3) is 0 Å². The number of halogens is 2. The second-order valence-electron chi connectivity index (χ2n) is 4.43. The molecule has 0 saturated heterocycles. The van der Waals surface area contributed by atoms with Gasteiger partial charge in [-0.2, -0.15) is 0 Å². The third kappa shape index (κ3) is 4.04. The maximum Gasteiger partial charge on any atom is 0.313 e. The number of hydrogen-bond acceptors (Lipinski definition) is 5. The van der Waals surface area contributed by atoms with Crippen LogP contribution in [0.15, 0.2) is 6.07 Å². The second-order valence-corrected chi connectivity index (χ2v) is 5.17. The number of nitrogens with zero attached hydrogens (tertiary/aromatic N) is 2. The van der Waals surface area contributed by atoms with E-state index < -0.39 is 17.3 Å². The summed E-state index contributed by atoms with van der Waals surface area (Å²) in [5.41, 5.74) is -0.747. The average Bonchev–Trinajstić information content (AvgIpc) is 2.37. The summed E-state index contributed by atoms with van der Waals surface area (Å²) in [5.74, 6) is -0.913. The van der Waals surface area contributed by atoms with Gasteiger partial charge in [0.2, 0.25) is 0 Å². The Labute approximate surface area is 120 Å². The standard InChI is InChI=1S/C11H13Cl2N3O3/c1-11(2,10(18)19-3)5-14-9(17)6-4-7(12)15-16-8(6)13/h4H,5H2,1-3H3,(H,14,17). The minimum Gasteiger partial charge on any atom is -0.469 e. The van der Waals surface area contributed by atoms with Crippen LogP contribution in [0.5, 0.6) is 0 Å². The van der Waals surface area contributed by atoms with Crippen molar-refractivity contribution in [3.63, 3.8) is 0 Å². The first-order valence-corrected chi connectivity index (χ1v) is 6.09.